The summed E-state index contributed by atoms with van der Waals surface area (Å²) in [6.45, 7) is 3.79. The molecule has 0 bridgehead atoms. The van der Waals surface area contributed by atoms with Gasteiger partial charge in [0.15, 0.2) is 0 Å². The summed E-state index contributed by atoms with van der Waals surface area (Å²) >= 11 is 0. The first kappa shape index (κ1) is 57.1. The number of hydrogen-bond donors (Lipinski definition) is 9. The molecule has 0 radical (unpaired) electrons. The van der Waals surface area contributed by atoms with Gasteiger partial charge in [-0.3, -0.25) is 13.8 Å². The Morgan fingerprint density at radius 3 is 1.38 bits per heavy atom. The fourth-order valence-electron chi connectivity index (χ4n) is 7.89. The highest BCUT2D eigenvalue weighted by molar-refractivity contribution is 7.47. The third-order valence-corrected chi connectivity index (χ3v) is 12.9. The van der Waals surface area contributed by atoms with Crippen molar-refractivity contribution in [3.63, 3.8) is 0 Å². The van der Waals surface area contributed by atoms with Gasteiger partial charge in [-0.2, -0.15) is 0 Å². The van der Waals surface area contributed by atoms with Gasteiger partial charge in [0.25, 0.3) is 0 Å². The van der Waals surface area contributed by atoms with Crippen molar-refractivity contribution in [2.24, 2.45) is 0 Å². The number of nitrogens with one attached hydrogen (secondary N) is 1. The van der Waals surface area contributed by atoms with Crippen LogP contribution >= 0.6 is 7.82 Å². The van der Waals surface area contributed by atoms with Crippen molar-refractivity contribution in [2.45, 2.75) is 268 Å². The second kappa shape index (κ2) is 36.4. The number of carbonyl (C=O) groups is 1. The summed E-state index contributed by atoms with van der Waals surface area (Å²) in [5, 5.41) is 74.6. The van der Waals surface area contributed by atoms with Crippen molar-refractivity contribution in [2.75, 3.05) is 6.61 Å². The number of aliphatic hydroxyl groups is 7. The van der Waals surface area contributed by atoms with Crippen LogP contribution in [0.5, 0.6) is 0 Å². The number of phosphoric ester groups is 1. The molecule has 0 heterocycles. The molecule has 8 unspecified atom stereocenters. The average Bonchev–Trinajstić information content (AvgIpc) is 3.22. The zero-order valence-corrected chi connectivity index (χ0v) is 38.5. The minimum Gasteiger partial charge on any atom is -0.393 e. The summed E-state index contributed by atoms with van der Waals surface area (Å²) < 4.78 is 22.9. The molecule has 0 aromatic heterocycles. The molecule has 1 amide bonds. The highest BCUT2D eigenvalue weighted by Gasteiger charge is 2.51. The highest BCUT2D eigenvalue weighted by Crippen LogP contribution is 2.47. The zero-order valence-electron chi connectivity index (χ0n) is 37.6. The van der Waals surface area contributed by atoms with Gasteiger partial charge in [-0.1, -0.05) is 180 Å². The van der Waals surface area contributed by atoms with Crippen LogP contribution < -0.4 is 5.32 Å². The molecule has 0 saturated heterocycles. The molecule has 1 rings (SSSR count). The Balaban J connectivity index is 2.51. The third kappa shape index (κ3) is 28.0. The molecule has 0 aromatic carbocycles. The smallest absolute Gasteiger partial charge is 0.393 e. The Hall–Kier alpha value is -0.960. The molecule has 1 aliphatic carbocycles. The second-order valence-electron chi connectivity index (χ2n) is 17.5. The Morgan fingerprint density at radius 2 is 0.933 bits per heavy atom. The predicted octanol–water partition coefficient (Wildman–Crippen LogP) is 8.20. The first-order chi connectivity index (χ1) is 28.8. The lowest BCUT2D eigenvalue weighted by Gasteiger charge is -2.41. The zero-order chi connectivity index (χ0) is 44.4. The van der Waals surface area contributed by atoms with Crippen LogP contribution in [0.15, 0.2) is 12.2 Å². The Kier molecular flexibility index (Phi) is 34.6. The van der Waals surface area contributed by atoms with Gasteiger partial charge >= 0.3 is 7.82 Å². The summed E-state index contributed by atoms with van der Waals surface area (Å²) in [6, 6.07) is -1.16. The SMILES string of the molecule is CCCCCCCCCCC/C=C\CCCCCC(O)CC(=O)NC(COP(=O)(O)OC1C(O)C(O)C(O)C(O)C1O)C(O)CCCCCCCCCCCCCCCC. The average molecular weight is 880 g/mol. The normalized spacial score (nSPS) is 23.4. The summed E-state index contributed by atoms with van der Waals surface area (Å²) in [5.74, 6) is -0.567. The molecule has 14 heteroatoms. The van der Waals surface area contributed by atoms with E-state index in [1.807, 2.05) is 0 Å². The quantitative estimate of drug-likeness (QED) is 0.0161. The lowest BCUT2D eigenvalue weighted by atomic mass is 9.85. The largest absolute Gasteiger partial charge is 0.472 e. The number of unbranched alkanes of at least 4 members (excludes halogenated alkanes) is 25. The molecule has 60 heavy (non-hydrogen) atoms. The fourth-order valence-corrected chi connectivity index (χ4v) is 8.85. The predicted molar refractivity (Wildman–Crippen MR) is 238 cm³/mol. The number of hydrogen-bond acceptors (Lipinski definition) is 11. The molecule has 9 N–H and O–H groups in total. The van der Waals surface area contributed by atoms with Crippen LogP contribution in [-0.2, 0) is 18.4 Å². The van der Waals surface area contributed by atoms with Crippen molar-refractivity contribution in [1.82, 2.24) is 5.32 Å². The van der Waals surface area contributed by atoms with Gasteiger partial charge < -0.3 is 46.0 Å². The van der Waals surface area contributed by atoms with E-state index in [1.54, 1.807) is 0 Å². The van der Waals surface area contributed by atoms with Crippen molar-refractivity contribution < 1.29 is 59.0 Å². The van der Waals surface area contributed by atoms with Crippen LogP contribution in [0.25, 0.3) is 0 Å². The van der Waals surface area contributed by atoms with E-state index < -0.39 is 75.2 Å². The van der Waals surface area contributed by atoms with Gasteiger partial charge in [-0.15, -0.1) is 0 Å². The highest BCUT2D eigenvalue weighted by atomic mass is 31.2. The van der Waals surface area contributed by atoms with Crippen LogP contribution in [-0.4, -0.2) is 108 Å². The van der Waals surface area contributed by atoms with Crippen molar-refractivity contribution in [3.05, 3.63) is 12.2 Å². The number of amides is 1. The van der Waals surface area contributed by atoms with Crippen LogP contribution in [0.3, 0.4) is 0 Å². The van der Waals surface area contributed by atoms with E-state index >= 15 is 0 Å². The monoisotopic (exact) mass is 880 g/mol. The molecule has 0 aliphatic heterocycles. The maximum atomic E-state index is 13.0. The van der Waals surface area contributed by atoms with Gasteiger partial charge in [0.1, 0.15) is 36.6 Å². The van der Waals surface area contributed by atoms with Crippen molar-refractivity contribution in [1.29, 1.82) is 0 Å². The Labute approximate surface area is 363 Å². The molecule has 13 nitrogen and oxygen atoms in total. The molecular formula is C46H90NO12P. The molecule has 1 saturated carbocycles. The van der Waals surface area contributed by atoms with E-state index in [0.717, 1.165) is 57.8 Å². The van der Waals surface area contributed by atoms with Gasteiger partial charge in [0, 0.05) is 0 Å². The number of phosphoric acid groups is 1. The van der Waals surface area contributed by atoms with Gasteiger partial charge in [0.2, 0.25) is 5.91 Å². The second-order valence-corrected chi connectivity index (χ2v) is 18.9. The first-order valence-corrected chi connectivity index (χ1v) is 25.7. The maximum absolute atomic E-state index is 13.0. The van der Waals surface area contributed by atoms with Crippen LogP contribution in [0, 0.1) is 0 Å². The van der Waals surface area contributed by atoms with E-state index in [4.69, 9.17) is 9.05 Å². The number of aliphatic hydroxyl groups excluding tert-OH is 7. The van der Waals surface area contributed by atoms with E-state index in [1.165, 1.54) is 116 Å². The summed E-state index contributed by atoms with van der Waals surface area (Å²) in [4.78, 5) is 23.5. The van der Waals surface area contributed by atoms with Crippen LogP contribution in [0.1, 0.15) is 213 Å². The molecule has 356 valence electrons. The summed E-state index contributed by atoms with van der Waals surface area (Å²) in [5.41, 5.74) is 0. The lowest BCUT2D eigenvalue weighted by Crippen LogP contribution is -2.64. The van der Waals surface area contributed by atoms with Crippen LogP contribution in [0.4, 0.5) is 0 Å². The van der Waals surface area contributed by atoms with Crippen LogP contribution in [0.2, 0.25) is 0 Å². The topological polar surface area (TPSA) is 226 Å². The molecule has 8 atom stereocenters. The number of allylic oxidation sites excluding steroid dienone is 2. The van der Waals surface area contributed by atoms with E-state index in [2.05, 4.69) is 31.3 Å². The molecule has 0 spiro atoms. The third-order valence-electron chi connectivity index (χ3n) is 11.9. The van der Waals surface area contributed by atoms with Gasteiger partial charge in [0.05, 0.1) is 31.3 Å². The standard InChI is InChI=1S/C46H90NO12P/c1-3-5-7-9-11-13-15-17-19-20-21-23-25-27-29-31-33-37(48)35-40(50)47-38(36-58-60(56,57)59-46-44(54)42(52)41(51)43(53)45(46)55)39(49)34-32-30-28-26-24-22-18-16-14-12-10-8-6-4-2/h21,23,37-39,41-46,48-49,51-55H,3-20,22,24-36H2,1-2H3,(H,47,50)(H,56,57)/b23-21-. The fraction of sp³-hybridized carbons (Fsp3) is 0.935. The Bertz CT molecular complexity index is 1090. The van der Waals surface area contributed by atoms with Crippen molar-refractivity contribution in [3.8, 4) is 0 Å². The minimum absolute atomic E-state index is 0.230. The van der Waals surface area contributed by atoms with E-state index in [9.17, 15) is 50.0 Å². The summed E-state index contributed by atoms with van der Waals surface area (Å²) in [7, 11) is -5.12. The minimum atomic E-state index is -5.12. The first-order valence-electron chi connectivity index (χ1n) is 24.2. The number of rotatable bonds is 40. The van der Waals surface area contributed by atoms with Gasteiger partial charge in [-0.25, -0.2) is 4.57 Å². The molecule has 1 fully saturated rings. The van der Waals surface area contributed by atoms with E-state index in [0.29, 0.717) is 12.8 Å². The van der Waals surface area contributed by atoms with E-state index in [-0.39, 0.29) is 12.8 Å². The van der Waals surface area contributed by atoms with Gasteiger partial charge in [-0.05, 0) is 38.5 Å². The van der Waals surface area contributed by atoms with Crippen molar-refractivity contribution >= 4 is 13.7 Å². The Morgan fingerprint density at radius 1 is 0.567 bits per heavy atom. The molecular weight excluding hydrogens is 789 g/mol. The lowest BCUT2D eigenvalue weighted by molar-refractivity contribution is -0.220. The molecule has 0 aromatic rings. The molecule has 1 aliphatic rings. The summed E-state index contributed by atoms with van der Waals surface area (Å²) in [6.07, 6.45) is 24.0. The maximum Gasteiger partial charge on any atom is 0.472 e. The number of carbonyl (C=O) groups excluding carboxylic acids is 1.